The number of methoxy groups -OCH3 is 2. The van der Waals surface area contributed by atoms with Crippen LogP contribution in [0.2, 0.25) is 0 Å². The van der Waals surface area contributed by atoms with Crippen molar-refractivity contribution in [1.29, 1.82) is 0 Å². The van der Waals surface area contributed by atoms with Gasteiger partial charge in [-0.2, -0.15) is 0 Å². The summed E-state index contributed by atoms with van der Waals surface area (Å²) < 4.78 is 16.3. The van der Waals surface area contributed by atoms with Gasteiger partial charge in [0.2, 0.25) is 0 Å². The molecule has 5 nitrogen and oxygen atoms in total. The van der Waals surface area contributed by atoms with Crippen molar-refractivity contribution in [2.24, 2.45) is 5.92 Å². The summed E-state index contributed by atoms with van der Waals surface area (Å²) >= 11 is 0. The summed E-state index contributed by atoms with van der Waals surface area (Å²) in [5.74, 6) is 1.40. The first-order chi connectivity index (χ1) is 10.7. The van der Waals surface area contributed by atoms with Crippen molar-refractivity contribution in [3.05, 3.63) is 47.8 Å². The predicted molar refractivity (Wildman–Crippen MR) is 80.8 cm³/mol. The largest absolute Gasteiger partial charge is 0.496 e. The summed E-state index contributed by atoms with van der Waals surface area (Å²) in [5.41, 5.74) is 1.50. The van der Waals surface area contributed by atoms with Gasteiger partial charge >= 0.3 is 0 Å². The third-order valence-corrected chi connectivity index (χ3v) is 3.76. The first-order valence-electron chi connectivity index (χ1n) is 7.05. The van der Waals surface area contributed by atoms with Gasteiger partial charge in [-0.25, -0.2) is 0 Å². The Balaban J connectivity index is 1.92. The highest BCUT2D eigenvalue weighted by Gasteiger charge is 2.32. The summed E-state index contributed by atoms with van der Waals surface area (Å²) in [6, 6.07) is 7.24. The van der Waals surface area contributed by atoms with E-state index in [4.69, 9.17) is 14.2 Å². The monoisotopic (exact) mass is 299 g/mol. The van der Waals surface area contributed by atoms with Crippen LogP contribution >= 0.6 is 0 Å². The molecule has 1 aromatic carbocycles. The molecule has 0 fully saturated rings. The average Bonchev–Trinajstić information content (AvgIpc) is 2.57. The fraction of sp³-hybridized carbons (Fsp3) is 0.294. The van der Waals surface area contributed by atoms with Crippen LogP contribution in [0.4, 0.5) is 0 Å². The quantitative estimate of drug-likeness (QED) is 0.868. The maximum atomic E-state index is 12.8. The molecule has 22 heavy (non-hydrogen) atoms. The standard InChI is InChI=1S/C17H17NO4/c1-20-13-7-14(21-2)16-15(8-13)22-10-12(17(16)19)6-11-4-3-5-18-9-11/h3-5,7-9,12H,6,10H2,1-2H3. The van der Waals surface area contributed by atoms with Crippen molar-refractivity contribution in [3.63, 3.8) is 0 Å². The molecular weight excluding hydrogens is 282 g/mol. The number of fused-ring (bicyclic) bond motifs is 1. The molecule has 3 rings (SSSR count). The second kappa shape index (κ2) is 6.05. The molecule has 1 aliphatic rings. The first kappa shape index (κ1) is 14.4. The summed E-state index contributed by atoms with van der Waals surface area (Å²) in [5, 5.41) is 0. The number of hydrogen-bond acceptors (Lipinski definition) is 5. The Morgan fingerprint density at radius 3 is 2.86 bits per heavy atom. The van der Waals surface area contributed by atoms with Crippen LogP contribution in [0, 0.1) is 5.92 Å². The fourth-order valence-corrected chi connectivity index (χ4v) is 2.63. The number of hydrogen-bond donors (Lipinski definition) is 0. The maximum absolute atomic E-state index is 12.8. The van der Waals surface area contributed by atoms with Gasteiger partial charge in [-0.05, 0) is 18.1 Å². The van der Waals surface area contributed by atoms with Gasteiger partial charge in [0.15, 0.2) is 5.78 Å². The molecule has 1 atom stereocenters. The minimum absolute atomic E-state index is 0.0320. The second-order valence-electron chi connectivity index (χ2n) is 5.14. The number of nitrogens with zero attached hydrogens (tertiary/aromatic N) is 1. The molecule has 1 aromatic heterocycles. The van der Waals surface area contributed by atoms with Gasteiger partial charge in [-0.3, -0.25) is 9.78 Å². The number of aromatic nitrogens is 1. The van der Waals surface area contributed by atoms with Crippen LogP contribution in [-0.2, 0) is 6.42 Å². The van der Waals surface area contributed by atoms with Gasteiger partial charge in [0.05, 0.1) is 26.7 Å². The van der Waals surface area contributed by atoms with Crippen molar-refractivity contribution in [3.8, 4) is 17.2 Å². The van der Waals surface area contributed by atoms with E-state index in [1.807, 2.05) is 12.1 Å². The second-order valence-corrected chi connectivity index (χ2v) is 5.14. The van der Waals surface area contributed by atoms with E-state index >= 15 is 0 Å². The van der Waals surface area contributed by atoms with Crippen LogP contribution in [0.3, 0.4) is 0 Å². The van der Waals surface area contributed by atoms with Crippen molar-refractivity contribution >= 4 is 5.78 Å². The fourth-order valence-electron chi connectivity index (χ4n) is 2.63. The topological polar surface area (TPSA) is 57.6 Å². The number of ether oxygens (including phenoxy) is 3. The third kappa shape index (κ3) is 2.62. The van der Waals surface area contributed by atoms with Crippen LogP contribution in [0.1, 0.15) is 15.9 Å². The van der Waals surface area contributed by atoms with Crippen LogP contribution in [-0.4, -0.2) is 31.6 Å². The molecule has 0 amide bonds. The van der Waals surface area contributed by atoms with E-state index in [1.54, 1.807) is 31.6 Å². The Labute approximate surface area is 128 Å². The number of Topliss-reactive ketones (excluding diaryl/α,β-unsaturated/α-hetero) is 1. The van der Waals surface area contributed by atoms with Crippen molar-refractivity contribution in [2.45, 2.75) is 6.42 Å². The van der Waals surface area contributed by atoms with Crippen LogP contribution in [0.15, 0.2) is 36.7 Å². The zero-order valence-corrected chi connectivity index (χ0v) is 12.5. The highest BCUT2D eigenvalue weighted by Crippen LogP contribution is 2.39. The lowest BCUT2D eigenvalue weighted by atomic mass is 9.89. The molecule has 0 bridgehead atoms. The Bertz CT molecular complexity index is 667. The van der Waals surface area contributed by atoms with Gasteiger partial charge in [0.1, 0.15) is 22.8 Å². The normalized spacial score (nSPS) is 16.6. The third-order valence-electron chi connectivity index (χ3n) is 3.76. The van der Waals surface area contributed by atoms with E-state index in [0.29, 0.717) is 35.8 Å². The molecule has 0 spiro atoms. The van der Waals surface area contributed by atoms with Gasteiger partial charge in [-0.1, -0.05) is 6.07 Å². The Morgan fingerprint density at radius 2 is 2.18 bits per heavy atom. The molecule has 0 N–H and O–H groups in total. The molecule has 0 saturated carbocycles. The van der Waals surface area contributed by atoms with Gasteiger partial charge in [0.25, 0.3) is 0 Å². The van der Waals surface area contributed by atoms with E-state index in [2.05, 4.69) is 4.98 Å². The number of pyridine rings is 1. The van der Waals surface area contributed by atoms with E-state index in [1.165, 1.54) is 7.11 Å². The van der Waals surface area contributed by atoms with Gasteiger partial charge in [0, 0.05) is 24.5 Å². The van der Waals surface area contributed by atoms with Gasteiger partial charge in [-0.15, -0.1) is 0 Å². The van der Waals surface area contributed by atoms with Crippen LogP contribution in [0.5, 0.6) is 17.2 Å². The van der Waals surface area contributed by atoms with Crippen LogP contribution < -0.4 is 14.2 Å². The number of benzene rings is 1. The minimum Gasteiger partial charge on any atom is -0.496 e. The zero-order chi connectivity index (χ0) is 15.5. The molecule has 0 aliphatic carbocycles. The summed E-state index contributed by atoms with van der Waals surface area (Å²) in [4.78, 5) is 16.9. The van der Waals surface area contributed by atoms with E-state index in [-0.39, 0.29) is 11.7 Å². The summed E-state index contributed by atoms with van der Waals surface area (Å²) in [7, 11) is 3.10. The summed E-state index contributed by atoms with van der Waals surface area (Å²) in [6.45, 7) is 0.344. The van der Waals surface area contributed by atoms with E-state index in [0.717, 1.165) is 5.56 Å². The lowest BCUT2D eigenvalue weighted by Gasteiger charge is -2.26. The Morgan fingerprint density at radius 1 is 1.32 bits per heavy atom. The first-order valence-corrected chi connectivity index (χ1v) is 7.05. The molecule has 0 saturated heterocycles. The molecule has 5 heteroatoms. The highest BCUT2D eigenvalue weighted by atomic mass is 16.5. The zero-order valence-electron chi connectivity index (χ0n) is 12.5. The molecule has 0 radical (unpaired) electrons. The molecule has 1 unspecified atom stereocenters. The molecule has 2 aromatic rings. The smallest absolute Gasteiger partial charge is 0.177 e. The molecule has 1 aliphatic heterocycles. The van der Waals surface area contributed by atoms with Crippen LogP contribution in [0.25, 0.3) is 0 Å². The Kier molecular flexibility index (Phi) is 3.96. The number of rotatable bonds is 4. The highest BCUT2D eigenvalue weighted by molar-refractivity contribution is 6.04. The lowest BCUT2D eigenvalue weighted by molar-refractivity contribution is 0.0825. The molecular formula is C17H17NO4. The van der Waals surface area contributed by atoms with Crippen molar-refractivity contribution in [1.82, 2.24) is 4.98 Å². The SMILES string of the molecule is COc1cc(OC)c2c(c1)OCC(Cc1cccnc1)C2=O. The van der Waals surface area contributed by atoms with Crippen molar-refractivity contribution < 1.29 is 19.0 Å². The lowest BCUT2D eigenvalue weighted by Crippen LogP contribution is -2.30. The summed E-state index contributed by atoms with van der Waals surface area (Å²) in [6.07, 6.45) is 4.09. The van der Waals surface area contributed by atoms with Crippen molar-refractivity contribution in [2.75, 3.05) is 20.8 Å². The van der Waals surface area contributed by atoms with E-state index < -0.39 is 0 Å². The number of ketones is 1. The molecule has 114 valence electrons. The number of carbonyl (C=O) groups is 1. The Hall–Kier alpha value is -2.56. The van der Waals surface area contributed by atoms with E-state index in [9.17, 15) is 4.79 Å². The minimum atomic E-state index is -0.237. The molecule has 2 heterocycles. The number of carbonyl (C=O) groups excluding carboxylic acids is 1. The average molecular weight is 299 g/mol. The van der Waals surface area contributed by atoms with Gasteiger partial charge < -0.3 is 14.2 Å². The predicted octanol–water partition coefficient (Wildman–Crippen LogP) is 2.53. The maximum Gasteiger partial charge on any atom is 0.177 e.